The van der Waals surface area contributed by atoms with Gasteiger partial charge in [-0.05, 0) is 48.7 Å². The summed E-state index contributed by atoms with van der Waals surface area (Å²) in [5.41, 5.74) is 8.50. The van der Waals surface area contributed by atoms with E-state index in [0.29, 0.717) is 0 Å². The second-order valence-electron chi connectivity index (χ2n) is 8.77. The van der Waals surface area contributed by atoms with Gasteiger partial charge in [-0.15, -0.1) is 11.3 Å². The van der Waals surface area contributed by atoms with Crippen LogP contribution in [0.15, 0.2) is 101 Å². The predicted octanol–water partition coefficient (Wildman–Crippen LogP) is 7.77. The number of fused-ring (bicyclic) bond motifs is 2. The molecule has 0 aliphatic carbocycles. The Bertz CT molecular complexity index is 1800. The van der Waals surface area contributed by atoms with Gasteiger partial charge in [-0.25, -0.2) is 9.98 Å². The monoisotopic (exact) mass is 487 g/mol. The first-order chi connectivity index (χ1) is 17.7. The molecule has 0 aliphatic heterocycles. The Kier molecular flexibility index (Phi) is 5.62. The Balaban J connectivity index is 1.74. The first-order valence-corrected chi connectivity index (χ1v) is 12.8. The normalized spacial score (nSPS) is 11.9. The Morgan fingerprint density at radius 3 is 2.39 bits per heavy atom. The molecule has 0 amide bonds. The van der Waals surface area contributed by atoms with Gasteiger partial charge in [-0.3, -0.25) is 4.57 Å². The van der Waals surface area contributed by atoms with E-state index >= 15 is 0 Å². The lowest BCUT2D eigenvalue weighted by atomic mass is 10.1. The Morgan fingerprint density at radius 2 is 1.56 bits per heavy atom. The Morgan fingerprint density at radius 1 is 0.806 bits per heavy atom. The fourth-order valence-corrected chi connectivity index (χ4v) is 5.56. The minimum atomic E-state index is 0.744. The molecule has 176 valence electrons. The number of thiazole rings is 1. The van der Waals surface area contributed by atoms with Gasteiger partial charge < -0.3 is 4.74 Å². The van der Waals surface area contributed by atoms with Crippen molar-refractivity contribution in [2.75, 3.05) is 7.11 Å². The van der Waals surface area contributed by atoms with Gasteiger partial charge >= 0.3 is 0 Å². The van der Waals surface area contributed by atoms with Gasteiger partial charge in [0.1, 0.15) is 11.3 Å². The lowest BCUT2D eigenvalue weighted by Gasteiger charge is -2.14. The number of benzene rings is 4. The molecule has 2 aromatic heterocycles. The first kappa shape index (κ1) is 22.3. The maximum atomic E-state index is 5.66. The van der Waals surface area contributed by atoms with Gasteiger partial charge in [0, 0.05) is 16.2 Å². The highest BCUT2D eigenvalue weighted by Crippen LogP contribution is 2.37. The van der Waals surface area contributed by atoms with Crippen LogP contribution in [0.25, 0.3) is 38.8 Å². The van der Waals surface area contributed by atoms with Crippen molar-refractivity contribution in [2.24, 2.45) is 4.99 Å². The number of pyridine rings is 1. The molecule has 36 heavy (non-hydrogen) atoms. The SMILES string of the molecule is COc1cccc2c(N=c3scc(-c4ccccc4)n3-c3cccc(C)c3C)c3ccccc3nc12. The highest BCUT2D eigenvalue weighted by atomic mass is 32.1. The number of ether oxygens (including phenoxy) is 1. The van der Waals surface area contributed by atoms with Gasteiger partial charge in [0.15, 0.2) is 4.80 Å². The number of nitrogens with zero attached hydrogens (tertiary/aromatic N) is 3. The average molecular weight is 488 g/mol. The zero-order valence-corrected chi connectivity index (χ0v) is 21.2. The fourth-order valence-electron chi connectivity index (χ4n) is 4.66. The fraction of sp³-hybridized carbons (Fsp3) is 0.0968. The summed E-state index contributed by atoms with van der Waals surface area (Å²) in [6, 6.07) is 31.1. The molecule has 2 heterocycles. The molecule has 0 fully saturated rings. The van der Waals surface area contributed by atoms with Crippen LogP contribution >= 0.6 is 11.3 Å². The van der Waals surface area contributed by atoms with E-state index in [-0.39, 0.29) is 0 Å². The predicted molar refractivity (Wildman–Crippen MR) is 150 cm³/mol. The minimum absolute atomic E-state index is 0.744. The zero-order chi connectivity index (χ0) is 24.6. The molecular weight excluding hydrogens is 462 g/mol. The summed E-state index contributed by atoms with van der Waals surface area (Å²) in [5.74, 6) is 0.744. The third-order valence-corrected chi connectivity index (χ3v) is 7.49. The Labute approximate surface area is 213 Å². The van der Waals surface area contributed by atoms with Crippen molar-refractivity contribution in [1.29, 1.82) is 0 Å². The standard InChI is InChI=1S/C31H25N3OS/c1-20-11-9-17-26(21(20)2)34-27(22-12-5-4-6-13-22)19-36-31(34)33-29-23-14-7-8-16-25(23)32-30-24(29)15-10-18-28(30)35-3/h4-19H,1-3H3. The second kappa shape index (κ2) is 9.10. The summed E-state index contributed by atoms with van der Waals surface area (Å²) in [5, 5.41) is 4.18. The molecule has 0 aliphatic rings. The molecule has 0 saturated carbocycles. The number of methoxy groups -OCH3 is 1. The van der Waals surface area contributed by atoms with Gasteiger partial charge in [-0.2, -0.15) is 0 Å². The van der Waals surface area contributed by atoms with Crippen LogP contribution in [0, 0.1) is 13.8 Å². The molecule has 0 radical (unpaired) electrons. The third kappa shape index (κ3) is 3.69. The van der Waals surface area contributed by atoms with E-state index in [2.05, 4.69) is 78.4 Å². The lowest BCUT2D eigenvalue weighted by Crippen LogP contribution is -2.15. The minimum Gasteiger partial charge on any atom is -0.494 e. The van der Waals surface area contributed by atoms with Crippen LogP contribution in [0.1, 0.15) is 11.1 Å². The molecule has 0 unspecified atom stereocenters. The number of aromatic nitrogens is 2. The maximum Gasteiger partial charge on any atom is 0.195 e. The number of hydrogen-bond donors (Lipinski definition) is 0. The number of rotatable bonds is 4. The van der Waals surface area contributed by atoms with Crippen LogP contribution in [0.4, 0.5) is 5.69 Å². The van der Waals surface area contributed by atoms with E-state index in [1.165, 1.54) is 11.1 Å². The van der Waals surface area contributed by atoms with Crippen LogP contribution < -0.4 is 9.54 Å². The zero-order valence-electron chi connectivity index (χ0n) is 20.4. The summed E-state index contributed by atoms with van der Waals surface area (Å²) in [6.45, 7) is 4.33. The smallest absolute Gasteiger partial charge is 0.195 e. The quantitative estimate of drug-likeness (QED) is 0.238. The van der Waals surface area contributed by atoms with Gasteiger partial charge in [-0.1, -0.05) is 72.8 Å². The molecule has 6 rings (SSSR count). The lowest BCUT2D eigenvalue weighted by molar-refractivity contribution is 0.419. The van der Waals surface area contributed by atoms with Crippen molar-refractivity contribution in [3.8, 4) is 22.7 Å². The molecule has 0 atom stereocenters. The number of aryl methyl sites for hydroxylation is 1. The van der Waals surface area contributed by atoms with Crippen molar-refractivity contribution in [1.82, 2.24) is 9.55 Å². The largest absolute Gasteiger partial charge is 0.494 e. The second-order valence-corrected chi connectivity index (χ2v) is 9.61. The van der Waals surface area contributed by atoms with Gasteiger partial charge in [0.2, 0.25) is 0 Å². The highest BCUT2D eigenvalue weighted by Gasteiger charge is 2.16. The molecule has 5 heteroatoms. The molecule has 0 bridgehead atoms. The van der Waals surface area contributed by atoms with Crippen LogP contribution in [-0.4, -0.2) is 16.7 Å². The summed E-state index contributed by atoms with van der Waals surface area (Å²) in [7, 11) is 1.68. The van der Waals surface area contributed by atoms with Gasteiger partial charge in [0.25, 0.3) is 0 Å². The van der Waals surface area contributed by atoms with E-state index < -0.39 is 0 Å². The first-order valence-electron chi connectivity index (χ1n) is 11.9. The van der Waals surface area contributed by atoms with Crippen molar-refractivity contribution in [3.05, 3.63) is 112 Å². The molecular formula is C31H25N3OS. The molecule has 4 aromatic carbocycles. The average Bonchev–Trinajstić information content (AvgIpc) is 3.33. The highest BCUT2D eigenvalue weighted by molar-refractivity contribution is 7.07. The van der Waals surface area contributed by atoms with E-state index in [9.17, 15) is 0 Å². The molecule has 6 aromatic rings. The maximum absolute atomic E-state index is 5.66. The van der Waals surface area contributed by atoms with Crippen molar-refractivity contribution in [2.45, 2.75) is 13.8 Å². The number of hydrogen-bond acceptors (Lipinski definition) is 4. The van der Waals surface area contributed by atoms with Crippen molar-refractivity contribution >= 4 is 38.8 Å². The van der Waals surface area contributed by atoms with Crippen LogP contribution in [0.3, 0.4) is 0 Å². The van der Waals surface area contributed by atoms with Crippen molar-refractivity contribution in [3.63, 3.8) is 0 Å². The van der Waals surface area contributed by atoms with Gasteiger partial charge in [0.05, 0.1) is 29.7 Å². The van der Waals surface area contributed by atoms with Crippen molar-refractivity contribution < 1.29 is 4.74 Å². The van der Waals surface area contributed by atoms with E-state index in [1.54, 1.807) is 18.4 Å². The van der Waals surface area contributed by atoms with E-state index in [1.807, 2.05) is 36.4 Å². The molecule has 0 N–H and O–H groups in total. The molecule has 0 saturated heterocycles. The van der Waals surface area contributed by atoms with E-state index in [0.717, 1.165) is 55.0 Å². The number of para-hydroxylation sites is 2. The van der Waals surface area contributed by atoms with Crippen LogP contribution in [0.5, 0.6) is 5.75 Å². The third-order valence-electron chi connectivity index (χ3n) is 6.67. The van der Waals surface area contributed by atoms with Crippen LogP contribution in [-0.2, 0) is 0 Å². The topological polar surface area (TPSA) is 39.4 Å². The van der Waals surface area contributed by atoms with Crippen LogP contribution in [0.2, 0.25) is 0 Å². The van der Waals surface area contributed by atoms with E-state index in [4.69, 9.17) is 14.7 Å². The molecule has 0 spiro atoms. The Hall–Kier alpha value is -4.22. The summed E-state index contributed by atoms with van der Waals surface area (Å²) in [6.07, 6.45) is 0. The molecule has 4 nitrogen and oxygen atoms in total. The summed E-state index contributed by atoms with van der Waals surface area (Å²) in [4.78, 5) is 11.2. The summed E-state index contributed by atoms with van der Waals surface area (Å²) < 4.78 is 7.94. The summed E-state index contributed by atoms with van der Waals surface area (Å²) >= 11 is 1.65.